The molecule has 1 amide bonds. The molecule has 0 aliphatic heterocycles. The molecular weight excluding hydrogens is 350 g/mol. The summed E-state index contributed by atoms with van der Waals surface area (Å²) in [7, 11) is 2.07. The van der Waals surface area contributed by atoms with E-state index < -0.39 is 0 Å². The second-order valence-corrected chi connectivity index (χ2v) is 7.04. The van der Waals surface area contributed by atoms with Crippen molar-refractivity contribution in [2.75, 3.05) is 7.05 Å². The van der Waals surface area contributed by atoms with Gasteiger partial charge in [0, 0.05) is 22.4 Å². The van der Waals surface area contributed by atoms with Crippen molar-refractivity contribution in [3.63, 3.8) is 0 Å². The van der Waals surface area contributed by atoms with Gasteiger partial charge in [-0.3, -0.25) is 15.1 Å². The summed E-state index contributed by atoms with van der Waals surface area (Å²) >= 11 is 5.04. The lowest BCUT2D eigenvalue weighted by Gasteiger charge is -2.17. The number of amides is 1. The third kappa shape index (κ3) is 4.14. The highest BCUT2D eigenvalue weighted by Gasteiger charge is 2.13. The number of nitrogens with two attached hydrogens (primary N) is 1. The normalized spacial score (nSPS) is 10.9. The molecule has 21 heavy (non-hydrogen) atoms. The predicted octanol–water partition coefficient (Wildman–Crippen LogP) is 3.05. The van der Waals surface area contributed by atoms with Gasteiger partial charge in [0.15, 0.2) is 0 Å². The highest BCUT2D eigenvalue weighted by molar-refractivity contribution is 9.10. The van der Waals surface area contributed by atoms with Gasteiger partial charge in [0.05, 0.1) is 4.88 Å². The minimum atomic E-state index is -0.234. The van der Waals surface area contributed by atoms with Gasteiger partial charge in [-0.05, 0) is 37.2 Å². The Morgan fingerprint density at radius 3 is 2.67 bits per heavy atom. The maximum atomic E-state index is 11.6. The van der Waals surface area contributed by atoms with Crippen LogP contribution in [-0.4, -0.2) is 17.9 Å². The van der Waals surface area contributed by atoms with Crippen molar-refractivity contribution in [3.05, 3.63) is 55.7 Å². The fraction of sp³-hybridized carbons (Fsp3) is 0.267. The van der Waals surface area contributed by atoms with Gasteiger partial charge in [0.25, 0.3) is 5.91 Å². The molecule has 0 fully saturated rings. The Morgan fingerprint density at radius 1 is 1.33 bits per heavy atom. The summed E-state index contributed by atoms with van der Waals surface area (Å²) in [6.45, 7) is 3.66. The van der Waals surface area contributed by atoms with E-state index in [1.165, 1.54) is 16.9 Å². The Kier molecular flexibility index (Phi) is 5.52. The molecule has 0 saturated heterocycles. The third-order valence-electron chi connectivity index (χ3n) is 3.21. The van der Waals surface area contributed by atoms with Crippen LogP contribution in [0.15, 0.2) is 34.8 Å². The molecule has 3 N–H and O–H groups in total. The first-order chi connectivity index (χ1) is 10.0. The summed E-state index contributed by atoms with van der Waals surface area (Å²) in [5.74, 6) is 4.94. The van der Waals surface area contributed by atoms with Gasteiger partial charge in [0.1, 0.15) is 0 Å². The predicted molar refractivity (Wildman–Crippen MR) is 90.0 cm³/mol. The van der Waals surface area contributed by atoms with Crippen molar-refractivity contribution in [3.8, 4) is 0 Å². The number of thiophene rings is 1. The molecule has 2 rings (SSSR count). The van der Waals surface area contributed by atoms with Crippen molar-refractivity contribution in [1.82, 2.24) is 10.3 Å². The Morgan fingerprint density at radius 2 is 2.00 bits per heavy atom. The molecule has 1 aromatic carbocycles. The number of halogens is 1. The van der Waals surface area contributed by atoms with Crippen LogP contribution in [0.25, 0.3) is 0 Å². The lowest BCUT2D eigenvalue weighted by Crippen LogP contribution is -2.29. The molecule has 0 atom stereocenters. The summed E-state index contributed by atoms with van der Waals surface area (Å²) in [5.41, 5.74) is 4.58. The molecule has 0 radical (unpaired) electrons. The van der Waals surface area contributed by atoms with Gasteiger partial charge in [-0.1, -0.05) is 34.1 Å². The van der Waals surface area contributed by atoms with Crippen LogP contribution in [0.1, 0.15) is 25.7 Å². The van der Waals surface area contributed by atoms with Crippen molar-refractivity contribution >= 4 is 33.2 Å². The summed E-state index contributed by atoms with van der Waals surface area (Å²) in [6.07, 6.45) is 0. The van der Waals surface area contributed by atoms with Crippen molar-refractivity contribution in [1.29, 1.82) is 0 Å². The molecule has 112 valence electrons. The molecule has 0 aliphatic rings. The van der Waals surface area contributed by atoms with E-state index in [0.29, 0.717) is 4.88 Å². The van der Waals surface area contributed by atoms with Crippen molar-refractivity contribution in [2.45, 2.75) is 20.0 Å². The monoisotopic (exact) mass is 367 g/mol. The fourth-order valence-electron chi connectivity index (χ4n) is 2.12. The second-order valence-electron chi connectivity index (χ2n) is 4.93. The number of hydrogen-bond acceptors (Lipinski definition) is 4. The van der Waals surface area contributed by atoms with Crippen LogP contribution >= 0.6 is 27.3 Å². The number of benzene rings is 1. The molecule has 0 saturated carbocycles. The van der Waals surface area contributed by atoms with Crippen LogP contribution in [-0.2, 0) is 13.1 Å². The molecule has 1 heterocycles. The van der Waals surface area contributed by atoms with Gasteiger partial charge in [0.2, 0.25) is 0 Å². The second kappa shape index (κ2) is 7.17. The van der Waals surface area contributed by atoms with E-state index in [4.69, 9.17) is 5.84 Å². The molecule has 6 heteroatoms. The summed E-state index contributed by atoms with van der Waals surface area (Å²) in [6, 6.07) is 10.1. The van der Waals surface area contributed by atoms with Crippen LogP contribution in [0.4, 0.5) is 0 Å². The Balaban J connectivity index is 2.06. The maximum absolute atomic E-state index is 11.6. The average Bonchev–Trinajstić information content (AvgIpc) is 2.82. The number of rotatable bonds is 5. The lowest BCUT2D eigenvalue weighted by atomic mass is 10.2. The zero-order chi connectivity index (χ0) is 15.4. The number of aryl methyl sites for hydroxylation is 1. The number of carbonyl (C=O) groups excluding carboxylic acids is 1. The van der Waals surface area contributed by atoms with E-state index in [9.17, 15) is 4.79 Å². The number of nitrogen functional groups attached to an aromatic ring is 1. The Bertz CT molecular complexity index is 642. The molecular formula is C15H18BrN3OS. The zero-order valence-electron chi connectivity index (χ0n) is 12.0. The first kappa shape index (κ1) is 16.2. The van der Waals surface area contributed by atoms with Crippen molar-refractivity contribution < 1.29 is 4.79 Å². The highest BCUT2D eigenvalue weighted by Crippen LogP contribution is 2.24. The highest BCUT2D eigenvalue weighted by atomic mass is 79.9. The standard InChI is InChI=1S/C15H18BrN3OS/c1-10-12(7-14(21-10)15(20)18-17)9-19(2)8-11-5-3-4-6-13(11)16/h3-7H,8-9,17H2,1-2H3,(H,18,20). The quantitative estimate of drug-likeness (QED) is 0.485. The number of carbonyl (C=O) groups is 1. The van der Waals surface area contributed by atoms with E-state index in [2.05, 4.69) is 39.4 Å². The molecule has 4 nitrogen and oxygen atoms in total. The van der Waals surface area contributed by atoms with Crippen LogP contribution in [0.5, 0.6) is 0 Å². The van der Waals surface area contributed by atoms with Crippen molar-refractivity contribution in [2.24, 2.45) is 5.84 Å². The maximum Gasteiger partial charge on any atom is 0.275 e. The number of nitrogens with one attached hydrogen (secondary N) is 1. The summed E-state index contributed by atoms with van der Waals surface area (Å²) in [4.78, 5) is 15.6. The SMILES string of the molecule is Cc1sc(C(=O)NN)cc1CN(C)Cc1ccccc1Br. The van der Waals surface area contributed by atoms with Gasteiger partial charge in [-0.2, -0.15) is 0 Å². The minimum absolute atomic E-state index is 0.234. The molecule has 0 bridgehead atoms. The molecule has 0 spiro atoms. The largest absolute Gasteiger partial charge is 0.298 e. The van der Waals surface area contributed by atoms with E-state index in [1.807, 2.05) is 31.2 Å². The number of nitrogens with zero attached hydrogens (tertiary/aromatic N) is 1. The van der Waals surface area contributed by atoms with Gasteiger partial charge in [-0.15, -0.1) is 11.3 Å². The Labute approximate surface area is 137 Å². The van der Waals surface area contributed by atoms with E-state index in [0.717, 1.165) is 28.0 Å². The summed E-state index contributed by atoms with van der Waals surface area (Å²) < 4.78 is 1.11. The minimum Gasteiger partial charge on any atom is -0.298 e. The average molecular weight is 368 g/mol. The first-order valence-electron chi connectivity index (χ1n) is 6.53. The summed E-state index contributed by atoms with van der Waals surface area (Å²) in [5, 5.41) is 0. The number of hydrogen-bond donors (Lipinski definition) is 2. The molecule has 2 aromatic rings. The van der Waals surface area contributed by atoms with Gasteiger partial charge >= 0.3 is 0 Å². The Hall–Kier alpha value is -1.21. The third-order valence-corrected chi connectivity index (χ3v) is 5.08. The van der Waals surface area contributed by atoms with E-state index in [1.54, 1.807) is 0 Å². The van der Waals surface area contributed by atoms with E-state index in [-0.39, 0.29) is 5.91 Å². The van der Waals surface area contributed by atoms with Crippen LogP contribution < -0.4 is 11.3 Å². The number of hydrazine groups is 1. The smallest absolute Gasteiger partial charge is 0.275 e. The van der Waals surface area contributed by atoms with Crippen LogP contribution in [0.2, 0.25) is 0 Å². The molecule has 0 aliphatic carbocycles. The van der Waals surface area contributed by atoms with Crippen LogP contribution in [0.3, 0.4) is 0 Å². The lowest BCUT2D eigenvalue weighted by molar-refractivity contribution is 0.0957. The fourth-order valence-corrected chi connectivity index (χ4v) is 3.47. The van der Waals surface area contributed by atoms with Gasteiger partial charge < -0.3 is 0 Å². The topological polar surface area (TPSA) is 58.4 Å². The first-order valence-corrected chi connectivity index (χ1v) is 8.14. The molecule has 1 aromatic heterocycles. The molecule has 0 unspecified atom stereocenters. The van der Waals surface area contributed by atoms with E-state index >= 15 is 0 Å². The van der Waals surface area contributed by atoms with Crippen LogP contribution in [0, 0.1) is 6.92 Å². The van der Waals surface area contributed by atoms with Gasteiger partial charge in [-0.25, -0.2) is 5.84 Å². The zero-order valence-corrected chi connectivity index (χ0v) is 14.4.